The molecule has 4 fully saturated rings. The van der Waals surface area contributed by atoms with Gasteiger partial charge in [0.15, 0.2) is 0 Å². The van der Waals surface area contributed by atoms with E-state index >= 15 is 0 Å². The van der Waals surface area contributed by atoms with Crippen LogP contribution in [0.5, 0.6) is 0 Å². The Kier molecular flexibility index (Phi) is 3.50. The van der Waals surface area contributed by atoms with Crippen LogP contribution in [-0.4, -0.2) is 60.4 Å². The summed E-state index contributed by atoms with van der Waals surface area (Å²) < 4.78 is 0. The van der Waals surface area contributed by atoms with Crippen molar-refractivity contribution in [2.45, 2.75) is 19.3 Å². The Labute approximate surface area is 126 Å². The summed E-state index contributed by atoms with van der Waals surface area (Å²) in [5.41, 5.74) is 0. The van der Waals surface area contributed by atoms with Crippen molar-refractivity contribution in [1.29, 1.82) is 0 Å². The lowest BCUT2D eigenvalue weighted by molar-refractivity contribution is -0.135. The Morgan fingerprint density at radius 3 is 2.35 bits per heavy atom. The van der Waals surface area contributed by atoms with Crippen molar-refractivity contribution < 1.29 is 4.79 Å². The monoisotopic (exact) mass is 294 g/mol. The van der Waals surface area contributed by atoms with Crippen LogP contribution in [0.3, 0.4) is 0 Å². The Morgan fingerprint density at radius 2 is 1.75 bits per heavy atom. The van der Waals surface area contributed by atoms with Crippen molar-refractivity contribution in [3.63, 3.8) is 0 Å². The minimum Gasteiger partial charge on any atom is -0.340 e. The Balaban J connectivity index is 1.29. The third kappa shape index (κ3) is 2.10. The summed E-state index contributed by atoms with van der Waals surface area (Å²) in [5.74, 6) is 5.61. The fourth-order valence-electron chi connectivity index (χ4n) is 5.28. The van der Waals surface area contributed by atoms with Gasteiger partial charge in [0.1, 0.15) is 0 Å². The van der Waals surface area contributed by atoms with Gasteiger partial charge in [-0.2, -0.15) is 11.8 Å². The van der Waals surface area contributed by atoms with Gasteiger partial charge in [0.25, 0.3) is 0 Å². The molecular formula is C16H26N2OS. The fraction of sp³-hybridized carbons (Fsp3) is 0.938. The summed E-state index contributed by atoms with van der Waals surface area (Å²) in [6.45, 7) is 5.29. The summed E-state index contributed by atoms with van der Waals surface area (Å²) in [4.78, 5) is 17.4. The summed E-state index contributed by atoms with van der Waals surface area (Å²) in [5, 5.41) is 0. The van der Waals surface area contributed by atoms with E-state index in [0.717, 1.165) is 49.9 Å². The molecule has 1 unspecified atom stereocenters. The smallest absolute Gasteiger partial charge is 0.226 e. The summed E-state index contributed by atoms with van der Waals surface area (Å²) in [6, 6.07) is 0. The van der Waals surface area contributed by atoms with Crippen LogP contribution < -0.4 is 0 Å². The highest BCUT2D eigenvalue weighted by molar-refractivity contribution is 7.98. The minimum absolute atomic E-state index is 0.444. The highest BCUT2D eigenvalue weighted by Crippen LogP contribution is 2.69. The molecule has 1 saturated heterocycles. The van der Waals surface area contributed by atoms with Gasteiger partial charge in [-0.25, -0.2) is 0 Å². The molecule has 3 nitrogen and oxygen atoms in total. The Bertz CT molecular complexity index is 378. The molecule has 5 atom stereocenters. The molecule has 0 spiro atoms. The summed E-state index contributed by atoms with van der Waals surface area (Å²) >= 11 is 1.91. The molecule has 3 aliphatic carbocycles. The van der Waals surface area contributed by atoms with E-state index in [1.807, 2.05) is 11.8 Å². The molecule has 0 radical (unpaired) electrons. The van der Waals surface area contributed by atoms with Gasteiger partial charge in [0, 0.05) is 44.4 Å². The maximum Gasteiger partial charge on any atom is 0.226 e. The van der Waals surface area contributed by atoms with Crippen molar-refractivity contribution >= 4 is 17.7 Å². The predicted molar refractivity (Wildman–Crippen MR) is 82.7 cm³/mol. The number of rotatable bonds is 4. The van der Waals surface area contributed by atoms with E-state index in [1.54, 1.807) is 0 Å². The number of hydrogen-bond acceptors (Lipinski definition) is 3. The summed E-state index contributed by atoms with van der Waals surface area (Å²) in [6.07, 6.45) is 6.44. The lowest BCUT2D eigenvalue weighted by Gasteiger charge is -2.35. The van der Waals surface area contributed by atoms with Gasteiger partial charge < -0.3 is 4.90 Å². The first kappa shape index (κ1) is 13.4. The standard InChI is InChI=1S/C16H26N2OS/c1-20-9-8-17-4-6-18(7-5-17)16(19)15-13-11-2-3-12(10-11)14(13)15/h11-15H,2-10H2,1H3/t11-,12+,13+,14-,15?. The van der Waals surface area contributed by atoms with Crippen LogP contribution in [0.15, 0.2) is 0 Å². The number of carbonyl (C=O) groups is 1. The number of piperazine rings is 1. The second-order valence-electron chi connectivity index (χ2n) is 7.17. The number of nitrogens with zero attached hydrogens (tertiary/aromatic N) is 2. The van der Waals surface area contributed by atoms with Gasteiger partial charge in [0.2, 0.25) is 5.91 Å². The molecule has 2 bridgehead atoms. The highest BCUT2D eigenvalue weighted by atomic mass is 32.2. The third-order valence-corrected chi connectivity index (χ3v) is 6.91. The maximum atomic E-state index is 12.7. The van der Waals surface area contributed by atoms with Gasteiger partial charge in [-0.1, -0.05) is 0 Å². The van der Waals surface area contributed by atoms with Crippen LogP contribution in [0.2, 0.25) is 0 Å². The van der Waals surface area contributed by atoms with E-state index in [4.69, 9.17) is 0 Å². The predicted octanol–water partition coefficient (Wildman–Crippen LogP) is 1.79. The Hall–Kier alpha value is -0.220. The first-order chi connectivity index (χ1) is 9.79. The molecule has 1 amide bonds. The molecule has 20 heavy (non-hydrogen) atoms. The van der Waals surface area contributed by atoms with Crippen molar-refractivity contribution in [2.24, 2.45) is 29.6 Å². The van der Waals surface area contributed by atoms with E-state index in [2.05, 4.69) is 16.1 Å². The molecule has 0 aromatic rings. The quantitative estimate of drug-likeness (QED) is 0.790. The second-order valence-corrected chi connectivity index (χ2v) is 8.16. The van der Waals surface area contributed by atoms with Crippen LogP contribution in [0, 0.1) is 29.6 Å². The maximum absolute atomic E-state index is 12.7. The number of fused-ring (bicyclic) bond motifs is 5. The number of thioether (sulfide) groups is 1. The molecule has 0 aromatic carbocycles. The Morgan fingerprint density at radius 1 is 1.10 bits per heavy atom. The van der Waals surface area contributed by atoms with Crippen molar-refractivity contribution in [1.82, 2.24) is 9.80 Å². The number of carbonyl (C=O) groups excluding carboxylic acids is 1. The second kappa shape index (κ2) is 5.20. The normalized spacial score (nSPS) is 42.9. The topological polar surface area (TPSA) is 23.6 Å². The van der Waals surface area contributed by atoms with E-state index in [9.17, 15) is 4.79 Å². The molecular weight excluding hydrogens is 268 g/mol. The van der Waals surface area contributed by atoms with Crippen molar-refractivity contribution in [3.05, 3.63) is 0 Å². The third-order valence-electron chi connectivity index (χ3n) is 6.32. The first-order valence-corrected chi connectivity index (χ1v) is 9.69. The van der Waals surface area contributed by atoms with Crippen LogP contribution >= 0.6 is 11.8 Å². The van der Waals surface area contributed by atoms with Gasteiger partial charge in [-0.05, 0) is 49.2 Å². The van der Waals surface area contributed by atoms with E-state index in [-0.39, 0.29) is 0 Å². The first-order valence-electron chi connectivity index (χ1n) is 8.29. The van der Waals surface area contributed by atoms with Crippen LogP contribution in [0.4, 0.5) is 0 Å². The summed E-state index contributed by atoms with van der Waals surface area (Å²) in [7, 11) is 0. The zero-order valence-corrected chi connectivity index (χ0v) is 13.3. The molecule has 3 saturated carbocycles. The average Bonchev–Trinajstić information content (AvgIpc) is 2.92. The minimum atomic E-state index is 0.444. The van der Waals surface area contributed by atoms with Gasteiger partial charge in [0.05, 0.1) is 0 Å². The lowest BCUT2D eigenvalue weighted by Crippen LogP contribution is -2.50. The molecule has 4 aliphatic rings. The SMILES string of the molecule is CSCCN1CCN(C(=O)C2[C@@H]3[C@H]4CC[C@H](C4)[C@H]23)CC1. The zero-order chi connectivity index (χ0) is 13.7. The van der Waals surface area contributed by atoms with Crippen LogP contribution in [0.1, 0.15) is 19.3 Å². The average molecular weight is 294 g/mol. The highest BCUT2D eigenvalue weighted by Gasteiger charge is 2.67. The van der Waals surface area contributed by atoms with Gasteiger partial charge in [-0.3, -0.25) is 9.69 Å². The van der Waals surface area contributed by atoms with Crippen LogP contribution in [-0.2, 0) is 4.79 Å². The van der Waals surface area contributed by atoms with Gasteiger partial charge >= 0.3 is 0 Å². The van der Waals surface area contributed by atoms with Crippen molar-refractivity contribution in [3.8, 4) is 0 Å². The van der Waals surface area contributed by atoms with E-state index in [0.29, 0.717) is 11.8 Å². The van der Waals surface area contributed by atoms with Crippen LogP contribution in [0.25, 0.3) is 0 Å². The van der Waals surface area contributed by atoms with E-state index in [1.165, 1.54) is 31.6 Å². The zero-order valence-electron chi connectivity index (χ0n) is 12.5. The largest absolute Gasteiger partial charge is 0.340 e. The molecule has 4 heteroatoms. The molecule has 0 aromatic heterocycles. The molecule has 0 N–H and O–H groups in total. The molecule has 112 valence electrons. The molecule has 4 rings (SSSR count). The molecule has 1 heterocycles. The van der Waals surface area contributed by atoms with Gasteiger partial charge in [-0.15, -0.1) is 0 Å². The number of hydrogen-bond donors (Lipinski definition) is 0. The lowest BCUT2D eigenvalue weighted by atomic mass is 10.0. The molecule has 1 aliphatic heterocycles. The number of amides is 1. The fourth-order valence-corrected chi connectivity index (χ4v) is 5.72. The van der Waals surface area contributed by atoms with E-state index < -0.39 is 0 Å². The van der Waals surface area contributed by atoms with Crippen molar-refractivity contribution in [2.75, 3.05) is 44.7 Å².